The molecule has 6 nitrogen and oxygen atoms in total. The number of benzene rings is 1. The molecule has 7 heteroatoms. The van der Waals surface area contributed by atoms with E-state index in [0.717, 1.165) is 11.8 Å². The molecule has 2 rings (SSSR count). The minimum atomic E-state index is -4.01. The second-order valence-corrected chi connectivity index (χ2v) is 6.86. The van der Waals surface area contributed by atoms with Gasteiger partial charge in [0.15, 0.2) is 0 Å². The van der Waals surface area contributed by atoms with Crippen LogP contribution in [0.3, 0.4) is 0 Å². The van der Waals surface area contributed by atoms with Gasteiger partial charge in [-0.1, -0.05) is 17.7 Å². The third-order valence-corrected chi connectivity index (χ3v) is 5.15. The number of rotatable bonds is 5. The summed E-state index contributed by atoms with van der Waals surface area (Å²) >= 11 is 0. The molecule has 1 aromatic carbocycles. The predicted octanol–water partition coefficient (Wildman–Crippen LogP) is 2.39. The molecule has 1 aliphatic rings. The standard InChI is InChI=1S/C15H17NO5S/c1-11-5-7-13(8-6-11)22(19,20)16-14(10-21-15(16)18)12(2)4-3-9-17/h5-9H,3-4,10H2,1-2H3/b14-12+. The molecule has 0 N–H and O–H groups in total. The first-order valence-electron chi connectivity index (χ1n) is 6.79. The van der Waals surface area contributed by atoms with Gasteiger partial charge in [0.05, 0.1) is 10.6 Å². The number of amides is 1. The van der Waals surface area contributed by atoms with Crippen molar-refractivity contribution >= 4 is 22.4 Å². The molecule has 0 saturated carbocycles. The first-order valence-corrected chi connectivity index (χ1v) is 8.23. The van der Waals surface area contributed by atoms with E-state index in [0.29, 0.717) is 16.3 Å². The minimum Gasteiger partial charge on any atom is -0.442 e. The zero-order valence-electron chi connectivity index (χ0n) is 12.4. The molecule has 1 heterocycles. The fourth-order valence-corrected chi connectivity index (χ4v) is 3.57. The van der Waals surface area contributed by atoms with E-state index in [1.807, 2.05) is 6.92 Å². The Bertz CT molecular complexity index is 719. The molecule has 0 bridgehead atoms. The number of aldehydes is 1. The quantitative estimate of drug-likeness (QED) is 0.777. The Kier molecular flexibility index (Phi) is 4.65. The number of hydrogen-bond donors (Lipinski definition) is 0. The van der Waals surface area contributed by atoms with E-state index in [1.54, 1.807) is 19.1 Å². The van der Waals surface area contributed by atoms with Crippen LogP contribution in [0.25, 0.3) is 0 Å². The maximum Gasteiger partial charge on any atom is 0.428 e. The number of sulfonamides is 1. The molecule has 1 fully saturated rings. The summed E-state index contributed by atoms with van der Waals surface area (Å²) < 4.78 is 30.9. The topological polar surface area (TPSA) is 80.8 Å². The molecule has 1 aliphatic heterocycles. The van der Waals surface area contributed by atoms with E-state index in [4.69, 9.17) is 4.74 Å². The van der Waals surface area contributed by atoms with Crippen molar-refractivity contribution in [1.29, 1.82) is 0 Å². The van der Waals surface area contributed by atoms with Gasteiger partial charge in [0.25, 0.3) is 10.0 Å². The fourth-order valence-electron chi connectivity index (χ4n) is 2.13. The van der Waals surface area contributed by atoms with Gasteiger partial charge >= 0.3 is 6.09 Å². The summed E-state index contributed by atoms with van der Waals surface area (Å²) in [6, 6.07) is 6.23. The molecule has 1 saturated heterocycles. The van der Waals surface area contributed by atoms with E-state index in [-0.39, 0.29) is 23.6 Å². The number of aryl methyl sites for hydroxylation is 1. The van der Waals surface area contributed by atoms with Gasteiger partial charge in [-0.05, 0) is 38.0 Å². The molecular formula is C15H17NO5S. The average Bonchev–Trinajstić information content (AvgIpc) is 2.88. The van der Waals surface area contributed by atoms with Crippen molar-refractivity contribution in [1.82, 2.24) is 4.31 Å². The number of allylic oxidation sites excluding steroid dienone is 1. The van der Waals surface area contributed by atoms with E-state index < -0.39 is 16.1 Å². The maximum atomic E-state index is 12.7. The second kappa shape index (κ2) is 6.31. The van der Waals surface area contributed by atoms with Crippen molar-refractivity contribution in [2.75, 3.05) is 6.61 Å². The normalized spacial score (nSPS) is 17.4. The lowest BCUT2D eigenvalue weighted by atomic mass is 10.1. The lowest BCUT2D eigenvalue weighted by Crippen LogP contribution is -2.31. The van der Waals surface area contributed by atoms with Gasteiger partial charge in [0, 0.05) is 6.42 Å². The van der Waals surface area contributed by atoms with Crippen LogP contribution in [0.5, 0.6) is 0 Å². The van der Waals surface area contributed by atoms with Crippen molar-refractivity contribution in [2.24, 2.45) is 0 Å². The van der Waals surface area contributed by atoms with Crippen LogP contribution in [0.2, 0.25) is 0 Å². The number of hydrogen-bond acceptors (Lipinski definition) is 5. The van der Waals surface area contributed by atoms with Crippen molar-refractivity contribution in [3.05, 3.63) is 41.1 Å². The number of cyclic esters (lactones) is 1. The van der Waals surface area contributed by atoms with Crippen molar-refractivity contribution in [3.63, 3.8) is 0 Å². The summed E-state index contributed by atoms with van der Waals surface area (Å²) in [4.78, 5) is 22.4. The average molecular weight is 323 g/mol. The van der Waals surface area contributed by atoms with Gasteiger partial charge in [-0.2, -0.15) is 4.31 Å². The molecule has 1 amide bonds. The Morgan fingerprint density at radius 2 is 1.95 bits per heavy atom. The van der Waals surface area contributed by atoms with E-state index in [2.05, 4.69) is 0 Å². The smallest absolute Gasteiger partial charge is 0.428 e. The number of carbonyl (C=O) groups is 2. The lowest BCUT2D eigenvalue weighted by molar-refractivity contribution is -0.107. The van der Waals surface area contributed by atoms with Crippen LogP contribution in [0.15, 0.2) is 40.4 Å². The molecule has 22 heavy (non-hydrogen) atoms. The summed E-state index contributed by atoms with van der Waals surface area (Å²) in [7, 11) is -4.01. The molecular weight excluding hydrogens is 306 g/mol. The van der Waals surface area contributed by atoms with Crippen molar-refractivity contribution in [2.45, 2.75) is 31.6 Å². The molecule has 118 valence electrons. The summed E-state index contributed by atoms with van der Waals surface area (Å²) in [5.41, 5.74) is 1.85. The van der Waals surface area contributed by atoms with E-state index in [1.165, 1.54) is 12.1 Å². The zero-order chi connectivity index (χ0) is 16.3. The van der Waals surface area contributed by atoms with E-state index in [9.17, 15) is 18.0 Å². The largest absolute Gasteiger partial charge is 0.442 e. The van der Waals surface area contributed by atoms with Crippen LogP contribution in [-0.2, 0) is 19.6 Å². The fraction of sp³-hybridized carbons (Fsp3) is 0.333. The highest BCUT2D eigenvalue weighted by Gasteiger charge is 2.39. The van der Waals surface area contributed by atoms with Crippen molar-refractivity contribution < 1.29 is 22.7 Å². The van der Waals surface area contributed by atoms with Gasteiger partial charge in [-0.15, -0.1) is 0 Å². The minimum absolute atomic E-state index is 0.0256. The van der Waals surface area contributed by atoms with Gasteiger partial charge in [0.2, 0.25) is 0 Å². The van der Waals surface area contributed by atoms with Gasteiger partial charge < -0.3 is 9.53 Å². The lowest BCUT2D eigenvalue weighted by Gasteiger charge is -2.17. The maximum absolute atomic E-state index is 12.7. The van der Waals surface area contributed by atoms with E-state index >= 15 is 0 Å². The van der Waals surface area contributed by atoms with Gasteiger partial charge in [0.1, 0.15) is 12.9 Å². The summed E-state index contributed by atoms with van der Waals surface area (Å²) in [6.45, 7) is 3.43. The first kappa shape index (κ1) is 16.2. The summed E-state index contributed by atoms with van der Waals surface area (Å²) in [5.74, 6) is 0. The van der Waals surface area contributed by atoms with Crippen LogP contribution in [0.1, 0.15) is 25.3 Å². The molecule has 0 unspecified atom stereocenters. The predicted molar refractivity (Wildman–Crippen MR) is 79.5 cm³/mol. The third-order valence-electron chi connectivity index (χ3n) is 3.43. The van der Waals surface area contributed by atoms with Crippen molar-refractivity contribution in [3.8, 4) is 0 Å². The molecule has 0 aromatic heterocycles. The van der Waals surface area contributed by atoms with Crippen LogP contribution >= 0.6 is 0 Å². The SMILES string of the molecule is C/C(CCC=O)=C1/COC(=O)N1S(=O)(=O)c1ccc(C)cc1. The highest BCUT2D eigenvalue weighted by molar-refractivity contribution is 7.89. The highest BCUT2D eigenvalue weighted by Crippen LogP contribution is 2.29. The number of carbonyl (C=O) groups excluding carboxylic acids is 2. The first-order chi connectivity index (χ1) is 10.4. The zero-order valence-corrected chi connectivity index (χ0v) is 13.2. The van der Waals surface area contributed by atoms with Crippen LogP contribution in [0, 0.1) is 6.92 Å². The Morgan fingerprint density at radius 1 is 1.32 bits per heavy atom. The summed E-state index contributed by atoms with van der Waals surface area (Å²) in [5, 5.41) is 0. The van der Waals surface area contributed by atoms with Crippen LogP contribution in [0.4, 0.5) is 4.79 Å². The number of nitrogens with zero attached hydrogens (tertiary/aromatic N) is 1. The third kappa shape index (κ3) is 3.04. The van der Waals surface area contributed by atoms with Gasteiger partial charge in [-0.3, -0.25) is 0 Å². The van der Waals surface area contributed by atoms with Crippen LogP contribution < -0.4 is 0 Å². The Morgan fingerprint density at radius 3 is 2.55 bits per heavy atom. The molecule has 1 aromatic rings. The molecule has 0 spiro atoms. The van der Waals surface area contributed by atoms with Gasteiger partial charge in [-0.25, -0.2) is 13.2 Å². The highest BCUT2D eigenvalue weighted by atomic mass is 32.2. The molecule has 0 atom stereocenters. The van der Waals surface area contributed by atoms with Crippen LogP contribution in [-0.4, -0.2) is 31.7 Å². The molecule has 0 aliphatic carbocycles. The Labute approximate surface area is 129 Å². The second-order valence-electron chi connectivity index (χ2n) is 5.07. The Hall–Kier alpha value is -2.15. The number of ether oxygens (including phenoxy) is 1. The Balaban J connectivity index is 2.44. The molecule has 0 radical (unpaired) electrons. The summed E-state index contributed by atoms with van der Waals surface area (Å²) in [6.07, 6.45) is 0.485. The monoisotopic (exact) mass is 323 g/mol.